The fraction of sp³-hybridized carbons (Fsp3) is 0.235. The molecule has 2 aromatic rings. The standard InChI is InChI=1S/C17H17FO3S/c1-21-15-4-2-12(3-5-15)11-22-16-7-13(9-18)6-14(8-16)17(20)10-19/h2-8,19H,9-11H2,1H3. The highest BCUT2D eigenvalue weighted by molar-refractivity contribution is 7.98. The minimum absolute atomic E-state index is 0.342. The van der Waals surface area contributed by atoms with E-state index in [-0.39, 0.29) is 0 Å². The summed E-state index contributed by atoms with van der Waals surface area (Å²) in [5.41, 5.74) is 1.89. The van der Waals surface area contributed by atoms with Gasteiger partial charge in [-0.2, -0.15) is 0 Å². The third-order valence-electron chi connectivity index (χ3n) is 3.15. The van der Waals surface area contributed by atoms with Crippen molar-refractivity contribution in [2.75, 3.05) is 13.7 Å². The second-order valence-electron chi connectivity index (χ2n) is 4.72. The predicted octanol–water partition coefficient (Wildman–Crippen LogP) is 3.63. The number of methoxy groups -OCH3 is 1. The number of hydrogen-bond donors (Lipinski definition) is 1. The van der Waals surface area contributed by atoms with Gasteiger partial charge in [-0.15, -0.1) is 11.8 Å². The molecule has 5 heteroatoms. The van der Waals surface area contributed by atoms with Gasteiger partial charge < -0.3 is 9.84 Å². The van der Waals surface area contributed by atoms with E-state index in [9.17, 15) is 9.18 Å². The van der Waals surface area contributed by atoms with Crippen molar-refractivity contribution < 1.29 is 19.0 Å². The Morgan fingerprint density at radius 3 is 2.50 bits per heavy atom. The molecular weight excluding hydrogens is 303 g/mol. The van der Waals surface area contributed by atoms with E-state index in [1.165, 1.54) is 17.8 Å². The molecule has 116 valence electrons. The molecule has 0 saturated heterocycles. The van der Waals surface area contributed by atoms with E-state index in [1.807, 2.05) is 24.3 Å². The lowest BCUT2D eigenvalue weighted by Crippen LogP contribution is -2.05. The summed E-state index contributed by atoms with van der Waals surface area (Å²) in [7, 11) is 1.62. The molecule has 2 rings (SSSR count). The van der Waals surface area contributed by atoms with Gasteiger partial charge in [0.25, 0.3) is 0 Å². The molecule has 0 saturated carbocycles. The predicted molar refractivity (Wildman–Crippen MR) is 85.2 cm³/mol. The SMILES string of the molecule is COc1ccc(CSc2cc(CF)cc(C(=O)CO)c2)cc1. The van der Waals surface area contributed by atoms with Gasteiger partial charge in [0.2, 0.25) is 0 Å². The first-order chi connectivity index (χ1) is 10.7. The Balaban J connectivity index is 2.12. The molecular formula is C17H17FO3S. The summed E-state index contributed by atoms with van der Waals surface area (Å²) in [5.74, 6) is 1.09. The third kappa shape index (κ3) is 4.32. The molecule has 2 aromatic carbocycles. The Hall–Kier alpha value is -1.85. The van der Waals surface area contributed by atoms with E-state index in [4.69, 9.17) is 9.84 Å². The number of ketones is 1. The second-order valence-corrected chi connectivity index (χ2v) is 5.77. The summed E-state index contributed by atoms with van der Waals surface area (Å²) in [5, 5.41) is 8.94. The van der Waals surface area contributed by atoms with Gasteiger partial charge in [0.1, 0.15) is 19.0 Å². The van der Waals surface area contributed by atoms with Crippen LogP contribution in [0.15, 0.2) is 47.4 Å². The van der Waals surface area contributed by atoms with E-state index >= 15 is 0 Å². The van der Waals surface area contributed by atoms with Crippen molar-refractivity contribution in [1.29, 1.82) is 0 Å². The quantitative estimate of drug-likeness (QED) is 0.625. The lowest BCUT2D eigenvalue weighted by atomic mass is 10.1. The van der Waals surface area contributed by atoms with Crippen LogP contribution in [0.25, 0.3) is 0 Å². The van der Waals surface area contributed by atoms with Gasteiger partial charge in [0.15, 0.2) is 5.78 Å². The number of Topliss-reactive ketones (excluding diaryl/α,β-unsaturated/α-hetero) is 1. The van der Waals surface area contributed by atoms with Crippen molar-refractivity contribution in [1.82, 2.24) is 0 Å². The first-order valence-electron chi connectivity index (χ1n) is 6.76. The Bertz CT molecular complexity index is 641. The van der Waals surface area contributed by atoms with E-state index in [0.29, 0.717) is 16.9 Å². The number of alkyl halides is 1. The third-order valence-corrected chi connectivity index (χ3v) is 4.20. The van der Waals surface area contributed by atoms with Crippen LogP contribution in [0.5, 0.6) is 5.75 Å². The molecule has 0 radical (unpaired) electrons. The number of aliphatic hydroxyl groups is 1. The Labute approximate surface area is 133 Å². The molecule has 0 unspecified atom stereocenters. The molecule has 0 heterocycles. The van der Waals surface area contributed by atoms with Gasteiger partial charge >= 0.3 is 0 Å². The number of rotatable bonds is 7. The fourth-order valence-electron chi connectivity index (χ4n) is 1.96. The van der Waals surface area contributed by atoms with Crippen LogP contribution in [0, 0.1) is 0 Å². The summed E-state index contributed by atoms with van der Waals surface area (Å²) in [4.78, 5) is 12.4. The van der Waals surface area contributed by atoms with E-state index < -0.39 is 19.1 Å². The molecule has 0 amide bonds. The van der Waals surface area contributed by atoms with E-state index in [1.54, 1.807) is 19.2 Å². The summed E-state index contributed by atoms with van der Waals surface area (Å²) in [6, 6.07) is 12.6. The van der Waals surface area contributed by atoms with Crippen LogP contribution in [0.2, 0.25) is 0 Å². The fourth-order valence-corrected chi connectivity index (χ4v) is 2.93. The van der Waals surface area contributed by atoms with Crippen molar-refractivity contribution in [2.45, 2.75) is 17.3 Å². The number of aliphatic hydroxyl groups excluding tert-OH is 1. The number of ether oxygens (including phenoxy) is 1. The highest BCUT2D eigenvalue weighted by Gasteiger charge is 2.08. The van der Waals surface area contributed by atoms with Gasteiger partial charge in [-0.05, 0) is 41.5 Å². The molecule has 0 aliphatic carbocycles. The largest absolute Gasteiger partial charge is 0.497 e. The van der Waals surface area contributed by atoms with Crippen LogP contribution in [-0.4, -0.2) is 24.6 Å². The van der Waals surface area contributed by atoms with Crippen molar-refractivity contribution in [2.24, 2.45) is 0 Å². The van der Waals surface area contributed by atoms with Crippen molar-refractivity contribution in [3.05, 3.63) is 59.2 Å². The number of thioether (sulfide) groups is 1. The van der Waals surface area contributed by atoms with E-state index in [0.717, 1.165) is 16.2 Å². The maximum Gasteiger partial charge on any atom is 0.188 e. The van der Waals surface area contributed by atoms with Crippen molar-refractivity contribution in [3.8, 4) is 5.75 Å². The van der Waals surface area contributed by atoms with Gasteiger partial charge in [0, 0.05) is 16.2 Å². The van der Waals surface area contributed by atoms with Crippen LogP contribution in [0.3, 0.4) is 0 Å². The Morgan fingerprint density at radius 1 is 1.18 bits per heavy atom. The monoisotopic (exact) mass is 320 g/mol. The molecule has 3 nitrogen and oxygen atoms in total. The topological polar surface area (TPSA) is 46.5 Å². The zero-order chi connectivity index (χ0) is 15.9. The average molecular weight is 320 g/mol. The van der Waals surface area contributed by atoms with Gasteiger partial charge in [-0.1, -0.05) is 12.1 Å². The van der Waals surface area contributed by atoms with Gasteiger partial charge in [-0.25, -0.2) is 4.39 Å². The number of benzene rings is 2. The first kappa shape index (κ1) is 16.5. The van der Waals surface area contributed by atoms with Gasteiger partial charge in [-0.3, -0.25) is 4.79 Å². The molecule has 0 spiro atoms. The van der Waals surface area contributed by atoms with E-state index in [2.05, 4.69) is 0 Å². The normalized spacial score (nSPS) is 10.5. The molecule has 1 N–H and O–H groups in total. The lowest BCUT2D eigenvalue weighted by molar-refractivity contribution is 0.0903. The minimum Gasteiger partial charge on any atom is -0.497 e. The number of hydrogen-bond acceptors (Lipinski definition) is 4. The van der Waals surface area contributed by atoms with Crippen LogP contribution >= 0.6 is 11.8 Å². The Kier molecular flexibility index (Phi) is 5.98. The molecule has 0 bridgehead atoms. The molecule has 0 aliphatic heterocycles. The molecule has 0 fully saturated rings. The molecule has 0 aromatic heterocycles. The zero-order valence-electron chi connectivity index (χ0n) is 12.2. The van der Waals surface area contributed by atoms with Crippen LogP contribution < -0.4 is 4.74 Å². The summed E-state index contributed by atoms with van der Waals surface area (Å²) in [6.45, 7) is -1.21. The Morgan fingerprint density at radius 2 is 1.91 bits per heavy atom. The number of carbonyl (C=O) groups excluding carboxylic acids is 1. The van der Waals surface area contributed by atoms with Crippen molar-refractivity contribution >= 4 is 17.5 Å². The van der Waals surface area contributed by atoms with Crippen molar-refractivity contribution in [3.63, 3.8) is 0 Å². The number of carbonyl (C=O) groups is 1. The highest BCUT2D eigenvalue weighted by atomic mass is 32.2. The average Bonchev–Trinajstić information content (AvgIpc) is 2.59. The smallest absolute Gasteiger partial charge is 0.188 e. The first-order valence-corrected chi connectivity index (χ1v) is 7.74. The minimum atomic E-state index is -0.636. The van der Waals surface area contributed by atoms with Gasteiger partial charge in [0.05, 0.1) is 7.11 Å². The number of halogens is 1. The summed E-state index contributed by atoms with van der Waals surface area (Å²) < 4.78 is 18.0. The highest BCUT2D eigenvalue weighted by Crippen LogP contribution is 2.26. The zero-order valence-corrected chi connectivity index (χ0v) is 13.0. The lowest BCUT2D eigenvalue weighted by Gasteiger charge is -2.07. The maximum atomic E-state index is 12.9. The molecule has 0 atom stereocenters. The van der Waals surface area contributed by atoms with Crippen LogP contribution in [0.1, 0.15) is 21.5 Å². The molecule has 0 aliphatic rings. The maximum absolute atomic E-state index is 12.9. The van der Waals surface area contributed by atoms with Crippen LogP contribution in [-0.2, 0) is 12.4 Å². The summed E-state index contributed by atoms with van der Waals surface area (Å²) in [6.07, 6.45) is 0. The van der Waals surface area contributed by atoms with Crippen LogP contribution in [0.4, 0.5) is 4.39 Å². The summed E-state index contributed by atoms with van der Waals surface area (Å²) >= 11 is 1.52. The molecule has 22 heavy (non-hydrogen) atoms. The second kappa shape index (κ2) is 7.96.